The van der Waals surface area contributed by atoms with Crippen LogP contribution in [0.15, 0.2) is 28.8 Å². The van der Waals surface area contributed by atoms with Gasteiger partial charge in [-0.15, -0.1) is 11.8 Å². The molecule has 0 aliphatic carbocycles. The SMILES string of the molecule is C[C@@H](O)[C@H]1C(=O)N2C(C(=O)O)=C(SCc3cccc(N)n3)C[C@@H]12. The predicted octanol–water partition coefficient (Wildman–Crippen LogP) is 0.805. The molecule has 3 atom stereocenters. The summed E-state index contributed by atoms with van der Waals surface area (Å²) in [6.07, 6.45) is -0.325. The van der Waals surface area contributed by atoms with E-state index in [0.29, 0.717) is 22.9 Å². The van der Waals surface area contributed by atoms with Gasteiger partial charge in [0.2, 0.25) is 5.91 Å². The zero-order valence-electron chi connectivity index (χ0n) is 12.5. The van der Waals surface area contributed by atoms with Gasteiger partial charge in [-0.2, -0.15) is 0 Å². The number of anilines is 1. The molecule has 1 saturated heterocycles. The number of nitrogen functional groups attached to an aromatic ring is 1. The second kappa shape index (κ2) is 5.86. The summed E-state index contributed by atoms with van der Waals surface area (Å²) in [5.41, 5.74) is 6.42. The zero-order chi connectivity index (χ0) is 16.7. The van der Waals surface area contributed by atoms with Crippen molar-refractivity contribution in [1.29, 1.82) is 0 Å². The summed E-state index contributed by atoms with van der Waals surface area (Å²) in [5, 5.41) is 19.1. The molecular weight excluding hydrogens is 318 g/mol. The lowest BCUT2D eigenvalue weighted by Gasteiger charge is -2.44. The molecule has 2 aliphatic rings. The van der Waals surface area contributed by atoms with Gasteiger partial charge in [-0.1, -0.05) is 6.07 Å². The van der Waals surface area contributed by atoms with Crippen LogP contribution >= 0.6 is 11.8 Å². The van der Waals surface area contributed by atoms with Crippen LogP contribution in [0.25, 0.3) is 0 Å². The van der Waals surface area contributed by atoms with Gasteiger partial charge < -0.3 is 20.8 Å². The molecule has 2 aliphatic heterocycles. The molecule has 1 aromatic heterocycles. The smallest absolute Gasteiger partial charge is 0.353 e. The van der Waals surface area contributed by atoms with Crippen molar-refractivity contribution >= 4 is 29.5 Å². The van der Waals surface area contributed by atoms with Crippen LogP contribution in [0, 0.1) is 5.92 Å². The number of carbonyl (C=O) groups excluding carboxylic acids is 1. The number of hydrogen-bond donors (Lipinski definition) is 3. The highest BCUT2D eigenvalue weighted by Gasteiger charge is 2.56. The molecule has 0 radical (unpaired) electrons. The topological polar surface area (TPSA) is 117 Å². The lowest BCUT2D eigenvalue weighted by molar-refractivity contribution is -0.161. The summed E-state index contributed by atoms with van der Waals surface area (Å²) in [6, 6.07) is 5.03. The van der Waals surface area contributed by atoms with E-state index in [1.54, 1.807) is 19.1 Å². The van der Waals surface area contributed by atoms with Gasteiger partial charge >= 0.3 is 5.97 Å². The Morgan fingerprint density at radius 2 is 2.30 bits per heavy atom. The molecule has 23 heavy (non-hydrogen) atoms. The second-order valence-corrected chi connectivity index (χ2v) is 6.74. The van der Waals surface area contributed by atoms with Crippen LogP contribution in [0.5, 0.6) is 0 Å². The van der Waals surface area contributed by atoms with Gasteiger partial charge in [-0.05, 0) is 19.1 Å². The van der Waals surface area contributed by atoms with E-state index in [4.69, 9.17) is 5.73 Å². The predicted molar refractivity (Wildman–Crippen MR) is 85.0 cm³/mol. The third kappa shape index (κ3) is 2.68. The Kier molecular flexibility index (Phi) is 4.03. The van der Waals surface area contributed by atoms with E-state index in [2.05, 4.69) is 4.98 Å². The third-order valence-electron chi connectivity index (χ3n) is 4.11. The Morgan fingerprint density at radius 1 is 1.57 bits per heavy atom. The molecule has 4 N–H and O–H groups in total. The minimum atomic E-state index is -1.12. The molecule has 0 aromatic carbocycles. The van der Waals surface area contributed by atoms with Gasteiger partial charge in [0.1, 0.15) is 11.5 Å². The maximum absolute atomic E-state index is 12.1. The standard InChI is InChI=1S/C15H17N3O4S/c1-7(19)12-9-5-10(13(15(21)22)18(9)14(12)20)23-6-8-3-2-4-11(16)17-8/h2-4,7,9,12,19H,5-6H2,1H3,(H2,16,17)(H,21,22)/t7-,9+,12-/m1/s1. The maximum Gasteiger partial charge on any atom is 0.353 e. The first-order valence-electron chi connectivity index (χ1n) is 7.22. The maximum atomic E-state index is 12.1. The van der Waals surface area contributed by atoms with Gasteiger partial charge in [-0.3, -0.25) is 4.79 Å². The largest absolute Gasteiger partial charge is 0.477 e. The Morgan fingerprint density at radius 3 is 2.91 bits per heavy atom. The van der Waals surface area contributed by atoms with E-state index in [1.165, 1.54) is 16.7 Å². The number of aliphatic hydroxyl groups is 1. The van der Waals surface area contributed by atoms with Gasteiger partial charge in [-0.25, -0.2) is 9.78 Å². The van der Waals surface area contributed by atoms with Crippen molar-refractivity contribution in [2.75, 3.05) is 5.73 Å². The van der Waals surface area contributed by atoms with Crippen LogP contribution in [0.1, 0.15) is 19.0 Å². The average molecular weight is 335 g/mol. The number of fused-ring (bicyclic) bond motifs is 1. The molecule has 3 rings (SSSR count). The van der Waals surface area contributed by atoms with E-state index in [0.717, 1.165) is 5.69 Å². The number of thioether (sulfide) groups is 1. The molecule has 1 fully saturated rings. The number of carboxylic acids is 1. The fraction of sp³-hybridized carbons (Fsp3) is 0.400. The van der Waals surface area contributed by atoms with Crippen molar-refractivity contribution in [2.24, 2.45) is 5.92 Å². The fourth-order valence-electron chi connectivity index (χ4n) is 3.10. The molecule has 0 unspecified atom stereocenters. The highest BCUT2D eigenvalue weighted by atomic mass is 32.2. The van der Waals surface area contributed by atoms with Crippen molar-refractivity contribution in [1.82, 2.24) is 9.88 Å². The molecule has 0 saturated carbocycles. The number of aliphatic carboxylic acids is 1. The summed E-state index contributed by atoms with van der Waals surface area (Å²) in [6.45, 7) is 1.56. The average Bonchev–Trinajstić information content (AvgIpc) is 2.79. The number of aliphatic hydroxyl groups excluding tert-OH is 1. The zero-order valence-corrected chi connectivity index (χ0v) is 13.3. The van der Waals surface area contributed by atoms with Crippen molar-refractivity contribution in [3.05, 3.63) is 34.5 Å². The van der Waals surface area contributed by atoms with E-state index < -0.39 is 18.0 Å². The van der Waals surface area contributed by atoms with Crippen molar-refractivity contribution in [3.8, 4) is 0 Å². The van der Waals surface area contributed by atoms with Gasteiger partial charge in [0.25, 0.3) is 0 Å². The molecule has 7 nitrogen and oxygen atoms in total. The van der Waals surface area contributed by atoms with Crippen molar-refractivity contribution in [2.45, 2.75) is 31.2 Å². The molecule has 3 heterocycles. The number of pyridine rings is 1. The normalized spacial score (nSPS) is 24.4. The summed E-state index contributed by atoms with van der Waals surface area (Å²) < 4.78 is 0. The summed E-state index contributed by atoms with van der Waals surface area (Å²) >= 11 is 1.35. The monoisotopic (exact) mass is 335 g/mol. The lowest BCUT2D eigenvalue weighted by Crippen LogP contribution is -2.61. The molecule has 122 valence electrons. The van der Waals surface area contributed by atoms with E-state index in [1.807, 2.05) is 6.07 Å². The first kappa shape index (κ1) is 15.8. The number of carbonyl (C=O) groups is 2. The molecule has 0 bridgehead atoms. The van der Waals surface area contributed by atoms with Crippen LogP contribution in [0.2, 0.25) is 0 Å². The van der Waals surface area contributed by atoms with Crippen molar-refractivity contribution < 1.29 is 19.8 Å². The number of aromatic nitrogens is 1. The highest BCUT2D eigenvalue weighted by molar-refractivity contribution is 8.02. The Labute approximate surface area is 137 Å². The van der Waals surface area contributed by atoms with Gasteiger partial charge in [0.05, 0.1) is 23.8 Å². The molecule has 1 aromatic rings. The number of β-lactam (4-membered cyclic amide) rings is 1. The number of nitrogens with two attached hydrogens (primary N) is 1. The number of rotatable bonds is 5. The Hall–Kier alpha value is -2.06. The van der Waals surface area contributed by atoms with E-state index >= 15 is 0 Å². The number of carboxylic acid groups (broad SMARTS) is 1. The quantitative estimate of drug-likeness (QED) is 0.682. The summed E-state index contributed by atoms with van der Waals surface area (Å²) in [7, 11) is 0. The fourth-order valence-corrected chi connectivity index (χ4v) is 4.19. The van der Waals surface area contributed by atoms with Crippen LogP contribution in [0.4, 0.5) is 5.82 Å². The van der Waals surface area contributed by atoms with Gasteiger partial charge in [0.15, 0.2) is 0 Å². The molecular formula is C15H17N3O4S. The van der Waals surface area contributed by atoms with Crippen LogP contribution < -0.4 is 5.73 Å². The second-order valence-electron chi connectivity index (χ2n) is 5.67. The first-order valence-corrected chi connectivity index (χ1v) is 8.20. The Bertz CT molecular complexity index is 704. The van der Waals surface area contributed by atoms with Crippen LogP contribution in [-0.2, 0) is 15.3 Å². The van der Waals surface area contributed by atoms with Crippen molar-refractivity contribution in [3.63, 3.8) is 0 Å². The molecule has 1 amide bonds. The highest BCUT2D eigenvalue weighted by Crippen LogP contribution is 2.47. The lowest BCUT2D eigenvalue weighted by atomic mass is 9.83. The van der Waals surface area contributed by atoms with Crippen LogP contribution in [-0.4, -0.2) is 44.1 Å². The Balaban J connectivity index is 1.78. The molecule has 8 heteroatoms. The summed E-state index contributed by atoms with van der Waals surface area (Å²) in [5.74, 6) is -1.07. The number of amides is 1. The van der Waals surface area contributed by atoms with Gasteiger partial charge in [0, 0.05) is 17.1 Å². The number of hydrogen-bond acceptors (Lipinski definition) is 6. The minimum absolute atomic E-state index is 0.0332. The van der Waals surface area contributed by atoms with E-state index in [9.17, 15) is 19.8 Å². The van der Waals surface area contributed by atoms with E-state index in [-0.39, 0.29) is 17.6 Å². The first-order chi connectivity index (χ1) is 10.9. The molecule has 0 spiro atoms. The van der Waals surface area contributed by atoms with Crippen LogP contribution in [0.3, 0.4) is 0 Å². The minimum Gasteiger partial charge on any atom is -0.477 e. The third-order valence-corrected chi connectivity index (χ3v) is 5.26. The number of nitrogens with zero attached hydrogens (tertiary/aromatic N) is 2. The summed E-state index contributed by atoms with van der Waals surface area (Å²) in [4.78, 5) is 29.7.